The van der Waals surface area contributed by atoms with Gasteiger partial charge in [-0.25, -0.2) is 13.2 Å². The molecule has 27 heavy (non-hydrogen) atoms. The Balaban J connectivity index is 2.17. The third-order valence-electron chi connectivity index (χ3n) is 4.63. The lowest BCUT2D eigenvalue weighted by Gasteiger charge is -2.19. The largest absolute Gasteiger partial charge is 0.462 e. The van der Waals surface area contributed by atoms with Gasteiger partial charge in [0.2, 0.25) is 0 Å². The van der Waals surface area contributed by atoms with Gasteiger partial charge >= 0.3 is 5.97 Å². The highest BCUT2D eigenvalue weighted by atomic mass is 32.2. The SMILES string of the molecule is CCOC(=O)c1cn(C(CC)c2cccc(S(C)(=O)=O)c2)c2ccccc12. The molecule has 0 fully saturated rings. The Hall–Kier alpha value is -2.60. The molecule has 1 aromatic heterocycles. The van der Waals surface area contributed by atoms with Gasteiger partial charge in [0.1, 0.15) is 0 Å². The smallest absolute Gasteiger partial charge is 0.340 e. The fourth-order valence-electron chi connectivity index (χ4n) is 3.38. The predicted molar refractivity (Wildman–Crippen MR) is 106 cm³/mol. The monoisotopic (exact) mass is 385 g/mol. The van der Waals surface area contributed by atoms with Crippen LogP contribution in [0.25, 0.3) is 10.9 Å². The van der Waals surface area contributed by atoms with Gasteiger partial charge in [-0.05, 0) is 37.1 Å². The van der Waals surface area contributed by atoms with Crippen LogP contribution in [0.1, 0.15) is 42.2 Å². The van der Waals surface area contributed by atoms with Crippen LogP contribution in [-0.4, -0.2) is 31.8 Å². The van der Waals surface area contributed by atoms with Crippen LogP contribution in [-0.2, 0) is 14.6 Å². The summed E-state index contributed by atoms with van der Waals surface area (Å²) in [6.07, 6.45) is 3.76. The number of carbonyl (C=O) groups is 1. The van der Waals surface area contributed by atoms with Gasteiger partial charge in [-0.2, -0.15) is 0 Å². The van der Waals surface area contributed by atoms with Crippen molar-refractivity contribution in [3.63, 3.8) is 0 Å². The topological polar surface area (TPSA) is 65.4 Å². The Bertz CT molecular complexity index is 1080. The van der Waals surface area contributed by atoms with Crippen molar-refractivity contribution < 1.29 is 17.9 Å². The second-order valence-electron chi connectivity index (χ2n) is 6.46. The van der Waals surface area contributed by atoms with Crippen molar-refractivity contribution in [1.29, 1.82) is 0 Å². The summed E-state index contributed by atoms with van der Waals surface area (Å²) in [5, 5.41) is 0.827. The number of carbonyl (C=O) groups excluding carboxylic acids is 1. The molecule has 0 amide bonds. The molecular formula is C21H23NO4S. The van der Waals surface area contributed by atoms with Gasteiger partial charge in [-0.3, -0.25) is 0 Å². The van der Waals surface area contributed by atoms with E-state index in [4.69, 9.17) is 4.74 Å². The highest BCUT2D eigenvalue weighted by Crippen LogP contribution is 2.31. The zero-order valence-electron chi connectivity index (χ0n) is 15.7. The predicted octanol–water partition coefficient (Wildman–Crippen LogP) is 4.22. The van der Waals surface area contributed by atoms with Crippen molar-refractivity contribution in [2.45, 2.75) is 31.2 Å². The molecule has 2 aromatic carbocycles. The number of esters is 1. The van der Waals surface area contributed by atoms with Crippen molar-refractivity contribution in [3.8, 4) is 0 Å². The molecule has 0 aliphatic rings. The fraction of sp³-hybridized carbons (Fsp3) is 0.286. The van der Waals surface area contributed by atoms with E-state index in [9.17, 15) is 13.2 Å². The van der Waals surface area contributed by atoms with Crippen molar-refractivity contribution in [3.05, 3.63) is 65.9 Å². The van der Waals surface area contributed by atoms with Crippen LogP contribution in [0.2, 0.25) is 0 Å². The van der Waals surface area contributed by atoms with Crippen LogP contribution in [0, 0.1) is 0 Å². The highest BCUT2D eigenvalue weighted by molar-refractivity contribution is 7.90. The van der Waals surface area contributed by atoms with E-state index >= 15 is 0 Å². The van der Waals surface area contributed by atoms with E-state index < -0.39 is 9.84 Å². The van der Waals surface area contributed by atoms with Crippen molar-refractivity contribution >= 4 is 26.7 Å². The summed E-state index contributed by atoms with van der Waals surface area (Å²) in [7, 11) is -3.29. The van der Waals surface area contributed by atoms with Crippen molar-refractivity contribution in [2.75, 3.05) is 12.9 Å². The van der Waals surface area contributed by atoms with Crippen LogP contribution in [0.15, 0.2) is 59.6 Å². The highest BCUT2D eigenvalue weighted by Gasteiger charge is 2.21. The number of para-hydroxylation sites is 1. The van der Waals surface area contributed by atoms with Crippen LogP contribution in [0.5, 0.6) is 0 Å². The quantitative estimate of drug-likeness (QED) is 0.596. The van der Waals surface area contributed by atoms with E-state index in [1.807, 2.05) is 48.0 Å². The van der Waals surface area contributed by atoms with E-state index in [0.717, 1.165) is 22.9 Å². The maximum Gasteiger partial charge on any atom is 0.340 e. The summed E-state index contributed by atoms with van der Waals surface area (Å²) < 4.78 is 31.1. The number of hydrogen-bond donors (Lipinski definition) is 0. The maximum atomic E-state index is 12.4. The zero-order chi connectivity index (χ0) is 19.6. The summed E-state index contributed by atoms with van der Waals surface area (Å²) in [5.74, 6) is -0.354. The summed E-state index contributed by atoms with van der Waals surface area (Å²) in [6.45, 7) is 4.13. The molecule has 0 radical (unpaired) electrons. The Morgan fingerprint density at radius 2 is 1.85 bits per heavy atom. The molecular weight excluding hydrogens is 362 g/mol. The van der Waals surface area contributed by atoms with Crippen molar-refractivity contribution in [1.82, 2.24) is 4.57 Å². The number of nitrogens with zero attached hydrogens (tertiary/aromatic N) is 1. The number of aromatic nitrogens is 1. The van der Waals surface area contributed by atoms with E-state index in [0.29, 0.717) is 17.1 Å². The van der Waals surface area contributed by atoms with Gasteiger partial charge in [0.25, 0.3) is 0 Å². The Kier molecular flexibility index (Phi) is 5.37. The maximum absolute atomic E-state index is 12.4. The minimum Gasteiger partial charge on any atom is -0.462 e. The molecule has 0 N–H and O–H groups in total. The number of ether oxygens (including phenoxy) is 1. The number of fused-ring (bicyclic) bond motifs is 1. The van der Waals surface area contributed by atoms with Gasteiger partial charge in [-0.15, -0.1) is 0 Å². The van der Waals surface area contributed by atoms with Crippen LogP contribution in [0.4, 0.5) is 0 Å². The molecule has 1 heterocycles. The minimum absolute atomic E-state index is 0.0974. The van der Waals surface area contributed by atoms with Gasteiger partial charge in [0, 0.05) is 23.4 Å². The minimum atomic E-state index is -3.29. The summed E-state index contributed by atoms with van der Waals surface area (Å²) in [4.78, 5) is 12.7. The normalized spacial score (nSPS) is 12.9. The molecule has 142 valence electrons. The zero-order valence-corrected chi connectivity index (χ0v) is 16.5. The Morgan fingerprint density at radius 3 is 2.52 bits per heavy atom. The number of hydrogen-bond acceptors (Lipinski definition) is 4. The summed E-state index contributed by atoms with van der Waals surface area (Å²) in [6, 6.07) is 14.6. The van der Waals surface area contributed by atoms with Crippen LogP contribution >= 0.6 is 0 Å². The second kappa shape index (κ2) is 7.56. The van der Waals surface area contributed by atoms with Gasteiger partial charge < -0.3 is 9.30 Å². The molecule has 1 unspecified atom stereocenters. The molecule has 3 rings (SSSR count). The molecule has 3 aromatic rings. The average Bonchev–Trinajstić information content (AvgIpc) is 3.02. The van der Waals surface area contributed by atoms with Crippen LogP contribution < -0.4 is 0 Å². The molecule has 0 spiro atoms. The molecule has 0 saturated heterocycles. The second-order valence-corrected chi connectivity index (χ2v) is 8.47. The van der Waals surface area contributed by atoms with E-state index in [-0.39, 0.29) is 12.0 Å². The van der Waals surface area contributed by atoms with E-state index in [2.05, 4.69) is 0 Å². The van der Waals surface area contributed by atoms with Gasteiger partial charge in [-0.1, -0.05) is 37.3 Å². The Morgan fingerprint density at radius 1 is 1.11 bits per heavy atom. The summed E-state index contributed by atoms with van der Waals surface area (Å²) >= 11 is 0. The first-order valence-corrected chi connectivity index (χ1v) is 10.8. The number of benzene rings is 2. The first kappa shape index (κ1) is 19.2. The average molecular weight is 385 g/mol. The number of sulfone groups is 1. The first-order chi connectivity index (χ1) is 12.9. The Labute approximate surface area is 159 Å². The van der Waals surface area contributed by atoms with Crippen LogP contribution in [0.3, 0.4) is 0 Å². The molecule has 1 atom stereocenters. The third kappa shape index (κ3) is 3.76. The fourth-order valence-corrected chi connectivity index (χ4v) is 4.06. The lowest BCUT2D eigenvalue weighted by atomic mass is 10.0. The van der Waals surface area contributed by atoms with Gasteiger partial charge in [0.15, 0.2) is 9.84 Å². The molecule has 6 heteroatoms. The number of rotatable bonds is 6. The molecule has 0 aliphatic heterocycles. The first-order valence-electron chi connectivity index (χ1n) is 8.93. The third-order valence-corrected chi connectivity index (χ3v) is 5.74. The lowest BCUT2D eigenvalue weighted by molar-refractivity contribution is 0.0528. The summed E-state index contributed by atoms with van der Waals surface area (Å²) in [5.41, 5.74) is 2.32. The molecule has 0 saturated carbocycles. The van der Waals surface area contributed by atoms with Gasteiger partial charge in [0.05, 0.1) is 23.1 Å². The molecule has 0 bridgehead atoms. The molecule has 0 aliphatic carbocycles. The molecule has 5 nitrogen and oxygen atoms in total. The standard InChI is InChI=1S/C21H23NO4S/c1-4-19(15-9-8-10-16(13-15)27(3,24)25)22-14-18(21(23)26-5-2)17-11-6-7-12-20(17)22/h6-14,19H,4-5H2,1-3H3. The van der Waals surface area contributed by atoms with Crippen molar-refractivity contribution in [2.24, 2.45) is 0 Å². The van der Waals surface area contributed by atoms with E-state index in [1.165, 1.54) is 6.26 Å². The van der Waals surface area contributed by atoms with E-state index in [1.54, 1.807) is 25.1 Å². The lowest BCUT2D eigenvalue weighted by Crippen LogP contribution is -2.10.